The molecule has 7 nitrogen and oxygen atoms in total. The number of hydrogen-bond acceptors (Lipinski definition) is 6. The van der Waals surface area contributed by atoms with E-state index in [9.17, 15) is 18.0 Å². The largest absolute Gasteiger partial charge is 0.465 e. The number of sulfone groups is 1. The lowest BCUT2D eigenvalue weighted by Gasteiger charge is -2.10. The third-order valence-electron chi connectivity index (χ3n) is 3.66. The van der Waals surface area contributed by atoms with Gasteiger partial charge in [-0.1, -0.05) is 12.1 Å². The molecular weight excluding hydrogens is 346 g/mol. The third kappa shape index (κ3) is 4.27. The van der Waals surface area contributed by atoms with Crippen molar-refractivity contribution in [2.24, 2.45) is 0 Å². The molecule has 0 aliphatic rings. The summed E-state index contributed by atoms with van der Waals surface area (Å²) in [7, 11) is -3.50. The molecule has 8 heteroatoms. The molecule has 0 saturated heterocycles. The zero-order valence-corrected chi connectivity index (χ0v) is 15.2. The number of rotatable bonds is 5. The average molecular weight is 365 g/mol. The summed E-state index contributed by atoms with van der Waals surface area (Å²) in [5.74, 6) is -0.280. The van der Waals surface area contributed by atoms with Crippen LogP contribution in [0.3, 0.4) is 0 Å². The maximum absolute atomic E-state index is 12.1. The van der Waals surface area contributed by atoms with Gasteiger partial charge < -0.3 is 14.5 Å². The molecule has 1 heterocycles. The monoisotopic (exact) mass is 365 g/mol. The van der Waals surface area contributed by atoms with Gasteiger partial charge in [0.2, 0.25) is 0 Å². The highest BCUT2D eigenvalue weighted by molar-refractivity contribution is 7.90. The lowest BCUT2D eigenvalue weighted by Crippen LogP contribution is -2.22. The van der Waals surface area contributed by atoms with Crippen LogP contribution in [0.25, 0.3) is 0 Å². The highest BCUT2D eigenvalue weighted by atomic mass is 32.2. The molecule has 0 unspecified atom stereocenters. The van der Waals surface area contributed by atoms with E-state index in [-0.39, 0.29) is 10.6 Å². The second-order valence-corrected chi connectivity index (χ2v) is 7.59. The fourth-order valence-electron chi connectivity index (χ4n) is 2.38. The van der Waals surface area contributed by atoms with E-state index in [0.29, 0.717) is 22.6 Å². The number of hydrogen-bond donors (Lipinski definition) is 1. The SMILES string of the molecule is Cc1oc(C)c(C(=O)OCC(=O)Nc2ccccc2S(C)(=O)=O)c1C. The second-order valence-electron chi connectivity index (χ2n) is 5.61. The Morgan fingerprint density at radius 1 is 1.12 bits per heavy atom. The molecule has 2 aromatic rings. The number of nitrogens with one attached hydrogen (secondary N) is 1. The molecule has 0 aliphatic heterocycles. The van der Waals surface area contributed by atoms with Gasteiger partial charge in [-0.05, 0) is 32.9 Å². The van der Waals surface area contributed by atoms with Gasteiger partial charge in [0.15, 0.2) is 16.4 Å². The molecule has 25 heavy (non-hydrogen) atoms. The van der Waals surface area contributed by atoms with Crippen LogP contribution in [0.4, 0.5) is 5.69 Å². The van der Waals surface area contributed by atoms with Crippen molar-refractivity contribution in [1.29, 1.82) is 0 Å². The zero-order chi connectivity index (χ0) is 18.8. The van der Waals surface area contributed by atoms with Crippen LogP contribution in [0.1, 0.15) is 27.4 Å². The van der Waals surface area contributed by atoms with E-state index >= 15 is 0 Å². The summed E-state index contributed by atoms with van der Waals surface area (Å²) in [5, 5.41) is 2.44. The van der Waals surface area contributed by atoms with Crippen LogP contribution in [-0.2, 0) is 19.4 Å². The topological polar surface area (TPSA) is 103 Å². The van der Waals surface area contributed by atoms with Gasteiger partial charge in [0.05, 0.1) is 10.6 Å². The molecule has 0 atom stereocenters. The summed E-state index contributed by atoms with van der Waals surface area (Å²) in [4.78, 5) is 24.1. The summed E-state index contributed by atoms with van der Waals surface area (Å²) in [5.41, 5.74) is 1.09. The predicted octanol–water partition coefficient (Wildman–Crippen LogP) is 2.40. The van der Waals surface area contributed by atoms with Gasteiger partial charge in [-0.2, -0.15) is 0 Å². The lowest BCUT2D eigenvalue weighted by atomic mass is 10.1. The number of para-hydroxylation sites is 1. The number of carbonyl (C=O) groups excluding carboxylic acids is 2. The fourth-order valence-corrected chi connectivity index (χ4v) is 3.22. The van der Waals surface area contributed by atoms with Crippen LogP contribution in [0, 0.1) is 20.8 Å². The van der Waals surface area contributed by atoms with Gasteiger partial charge in [-0.3, -0.25) is 4.79 Å². The van der Waals surface area contributed by atoms with Gasteiger partial charge in [0.1, 0.15) is 17.1 Å². The van der Waals surface area contributed by atoms with E-state index in [4.69, 9.17) is 9.15 Å². The number of aryl methyl sites for hydroxylation is 2. The molecule has 134 valence electrons. The van der Waals surface area contributed by atoms with Crippen molar-refractivity contribution in [2.75, 3.05) is 18.2 Å². The van der Waals surface area contributed by atoms with E-state index in [0.717, 1.165) is 6.26 Å². The molecule has 1 aromatic heterocycles. The van der Waals surface area contributed by atoms with Crippen molar-refractivity contribution in [3.8, 4) is 0 Å². The van der Waals surface area contributed by atoms with Crippen molar-refractivity contribution < 1.29 is 27.2 Å². The smallest absolute Gasteiger partial charge is 0.342 e. The maximum Gasteiger partial charge on any atom is 0.342 e. The molecule has 1 aromatic carbocycles. The Bertz CT molecular complexity index is 927. The number of esters is 1. The van der Waals surface area contributed by atoms with E-state index in [1.54, 1.807) is 32.9 Å². The van der Waals surface area contributed by atoms with Crippen LogP contribution < -0.4 is 5.32 Å². The van der Waals surface area contributed by atoms with Gasteiger partial charge in [0, 0.05) is 11.8 Å². The Morgan fingerprint density at radius 3 is 2.32 bits per heavy atom. The van der Waals surface area contributed by atoms with Crippen molar-refractivity contribution in [3.63, 3.8) is 0 Å². The Labute approximate surface area is 145 Å². The molecule has 0 aliphatic carbocycles. The van der Waals surface area contributed by atoms with E-state index in [2.05, 4.69) is 5.32 Å². The van der Waals surface area contributed by atoms with Crippen molar-refractivity contribution in [3.05, 3.63) is 46.9 Å². The maximum atomic E-state index is 12.1. The number of amides is 1. The number of ether oxygens (including phenoxy) is 1. The quantitative estimate of drug-likeness (QED) is 0.816. The first kappa shape index (κ1) is 18.7. The number of benzene rings is 1. The lowest BCUT2D eigenvalue weighted by molar-refractivity contribution is -0.119. The molecule has 2 rings (SSSR count). The summed E-state index contributed by atoms with van der Waals surface area (Å²) < 4.78 is 33.8. The zero-order valence-electron chi connectivity index (χ0n) is 14.4. The molecule has 0 radical (unpaired) electrons. The minimum Gasteiger partial charge on any atom is -0.465 e. The third-order valence-corrected chi connectivity index (χ3v) is 4.82. The number of furan rings is 1. The summed E-state index contributed by atoms with van der Waals surface area (Å²) in [6.45, 7) is 4.55. The molecule has 1 amide bonds. The molecule has 0 spiro atoms. The first-order valence-corrected chi connectivity index (χ1v) is 9.33. The standard InChI is InChI=1S/C17H19NO6S/c1-10-11(2)24-12(3)16(10)17(20)23-9-15(19)18-13-7-5-6-8-14(13)25(4,21)22/h5-8H,9H2,1-4H3,(H,18,19). The average Bonchev–Trinajstić information content (AvgIpc) is 2.77. The van der Waals surface area contributed by atoms with Gasteiger partial charge in [-0.15, -0.1) is 0 Å². The Balaban J connectivity index is 2.06. The molecule has 0 saturated carbocycles. The minimum atomic E-state index is -3.50. The van der Waals surface area contributed by atoms with Crippen LogP contribution in [0.15, 0.2) is 33.6 Å². The van der Waals surface area contributed by atoms with Crippen LogP contribution in [0.5, 0.6) is 0 Å². The molecule has 1 N–H and O–H groups in total. The number of anilines is 1. The number of carbonyl (C=O) groups is 2. The van der Waals surface area contributed by atoms with Crippen LogP contribution in [0.2, 0.25) is 0 Å². The second kappa shape index (κ2) is 7.10. The summed E-state index contributed by atoms with van der Waals surface area (Å²) >= 11 is 0. The van der Waals surface area contributed by atoms with Crippen molar-refractivity contribution in [1.82, 2.24) is 0 Å². The van der Waals surface area contributed by atoms with Crippen molar-refractivity contribution in [2.45, 2.75) is 25.7 Å². The Morgan fingerprint density at radius 2 is 1.76 bits per heavy atom. The first-order chi connectivity index (χ1) is 11.6. The molecular formula is C17H19NO6S. The van der Waals surface area contributed by atoms with E-state index < -0.39 is 28.3 Å². The Kier molecular flexibility index (Phi) is 5.32. The molecule has 0 fully saturated rings. The summed E-state index contributed by atoms with van der Waals surface area (Å²) in [6.07, 6.45) is 1.05. The summed E-state index contributed by atoms with van der Waals surface area (Å²) in [6, 6.07) is 6.00. The van der Waals surface area contributed by atoms with Gasteiger partial charge in [-0.25, -0.2) is 13.2 Å². The van der Waals surface area contributed by atoms with E-state index in [1.165, 1.54) is 12.1 Å². The van der Waals surface area contributed by atoms with Gasteiger partial charge in [0.25, 0.3) is 5.91 Å². The highest BCUT2D eigenvalue weighted by Crippen LogP contribution is 2.22. The molecule has 0 bridgehead atoms. The minimum absolute atomic E-state index is 0.00757. The Hall–Kier alpha value is -2.61. The van der Waals surface area contributed by atoms with Crippen molar-refractivity contribution >= 4 is 27.4 Å². The van der Waals surface area contributed by atoms with E-state index in [1.807, 2.05) is 0 Å². The fraction of sp³-hybridized carbons (Fsp3) is 0.294. The highest BCUT2D eigenvalue weighted by Gasteiger charge is 2.21. The van der Waals surface area contributed by atoms with Crippen LogP contribution in [-0.4, -0.2) is 33.2 Å². The normalized spacial score (nSPS) is 11.2. The van der Waals surface area contributed by atoms with Crippen LogP contribution >= 0.6 is 0 Å². The first-order valence-electron chi connectivity index (χ1n) is 7.44. The van der Waals surface area contributed by atoms with Gasteiger partial charge >= 0.3 is 5.97 Å². The predicted molar refractivity (Wildman–Crippen MR) is 91.4 cm³/mol.